The Hall–Kier alpha value is -3.35. The van der Waals surface area contributed by atoms with Gasteiger partial charge >= 0.3 is 0 Å². The number of hydrogen-bond acceptors (Lipinski definition) is 7. The summed E-state index contributed by atoms with van der Waals surface area (Å²) in [6.07, 6.45) is 1.48. The molecule has 2 aromatic carbocycles. The molecule has 7 nitrogen and oxygen atoms in total. The first-order chi connectivity index (χ1) is 12.6. The van der Waals surface area contributed by atoms with Crippen LogP contribution in [0.15, 0.2) is 48.8 Å². The van der Waals surface area contributed by atoms with Gasteiger partial charge in [0.05, 0.1) is 14.2 Å². The molecule has 0 aliphatic heterocycles. The predicted molar refractivity (Wildman–Crippen MR) is 102 cm³/mol. The van der Waals surface area contributed by atoms with Gasteiger partial charge in [0.2, 0.25) is 11.9 Å². The Kier molecular flexibility index (Phi) is 5.17. The van der Waals surface area contributed by atoms with Crippen LogP contribution in [0.3, 0.4) is 0 Å². The number of benzene rings is 2. The highest BCUT2D eigenvalue weighted by atomic mass is 16.5. The van der Waals surface area contributed by atoms with E-state index in [1.165, 1.54) is 11.9 Å². The van der Waals surface area contributed by atoms with Gasteiger partial charge in [-0.05, 0) is 36.8 Å². The second-order valence-electron chi connectivity index (χ2n) is 5.70. The molecule has 0 atom stereocenters. The predicted octanol–water partition coefficient (Wildman–Crippen LogP) is 3.71. The molecule has 0 saturated carbocycles. The van der Waals surface area contributed by atoms with Crippen molar-refractivity contribution >= 4 is 23.3 Å². The maximum atomic E-state index is 5.32. The van der Waals surface area contributed by atoms with Crippen LogP contribution in [0.1, 0.15) is 5.56 Å². The van der Waals surface area contributed by atoms with E-state index < -0.39 is 0 Å². The van der Waals surface area contributed by atoms with Crippen molar-refractivity contribution in [2.24, 2.45) is 0 Å². The molecular formula is C19H21N5O2. The summed E-state index contributed by atoms with van der Waals surface area (Å²) in [5.41, 5.74) is 2.97. The van der Waals surface area contributed by atoms with Crippen molar-refractivity contribution in [1.82, 2.24) is 15.0 Å². The van der Waals surface area contributed by atoms with Crippen molar-refractivity contribution in [3.8, 4) is 11.5 Å². The summed E-state index contributed by atoms with van der Waals surface area (Å²) in [5, 5.41) is 3.16. The molecule has 0 aliphatic carbocycles. The molecule has 1 heterocycles. The Morgan fingerprint density at radius 3 is 2.50 bits per heavy atom. The minimum Gasteiger partial charge on any atom is -0.493 e. The van der Waals surface area contributed by atoms with E-state index in [2.05, 4.69) is 39.3 Å². The fourth-order valence-electron chi connectivity index (χ4n) is 2.50. The quantitative estimate of drug-likeness (QED) is 0.726. The molecular weight excluding hydrogens is 330 g/mol. The van der Waals surface area contributed by atoms with E-state index in [0.717, 1.165) is 11.4 Å². The number of methoxy groups -OCH3 is 2. The van der Waals surface area contributed by atoms with Crippen LogP contribution in [-0.2, 0) is 0 Å². The molecule has 0 aliphatic rings. The summed E-state index contributed by atoms with van der Waals surface area (Å²) < 4.78 is 10.6. The summed E-state index contributed by atoms with van der Waals surface area (Å²) in [6.45, 7) is 2.05. The normalized spacial score (nSPS) is 10.3. The molecule has 26 heavy (non-hydrogen) atoms. The summed E-state index contributed by atoms with van der Waals surface area (Å²) in [5.74, 6) is 2.28. The van der Waals surface area contributed by atoms with Crippen molar-refractivity contribution in [2.45, 2.75) is 6.92 Å². The molecule has 134 valence electrons. The van der Waals surface area contributed by atoms with Crippen LogP contribution in [0, 0.1) is 6.92 Å². The van der Waals surface area contributed by atoms with Gasteiger partial charge in [0.25, 0.3) is 0 Å². The van der Waals surface area contributed by atoms with Crippen LogP contribution < -0.4 is 19.7 Å². The molecule has 7 heteroatoms. The summed E-state index contributed by atoms with van der Waals surface area (Å²) in [7, 11) is 5.12. The zero-order valence-electron chi connectivity index (χ0n) is 15.2. The third-order valence-corrected chi connectivity index (χ3v) is 3.89. The molecule has 0 fully saturated rings. The van der Waals surface area contributed by atoms with E-state index >= 15 is 0 Å². The number of aromatic nitrogens is 3. The second-order valence-corrected chi connectivity index (χ2v) is 5.70. The minimum atomic E-state index is 0.446. The molecule has 0 radical (unpaired) electrons. The smallest absolute Gasteiger partial charge is 0.234 e. The summed E-state index contributed by atoms with van der Waals surface area (Å²) in [4.78, 5) is 14.9. The number of aryl methyl sites for hydroxylation is 1. The van der Waals surface area contributed by atoms with Crippen molar-refractivity contribution < 1.29 is 9.47 Å². The Morgan fingerprint density at radius 2 is 1.77 bits per heavy atom. The lowest BCUT2D eigenvalue weighted by Crippen LogP contribution is -2.14. The monoisotopic (exact) mass is 351 g/mol. The van der Waals surface area contributed by atoms with Crippen LogP contribution in [-0.4, -0.2) is 36.2 Å². The Morgan fingerprint density at radius 1 is 0.962 bits per heavy atom. The topological polar surface area (TPSA) is 72.4 Å². The van der Waals surface area contributed by atoms with E-state index in [0.29, 0.717) is 23.4 Å². The van der Waals surface area contributed by atoms with Gasteiger partial charge in [-0.25, -0.2) is 9.97 Å². The van der Waals surface area contributed by atoms with Crippen LogP contribution in [0.2, 0.25) is 0 Å². The number of rotatable bonds is 6. The Balaban J connectivity index is 1.83. The average molecular weight is 351 g/mol. The standard InChI is InChI=1S/C19H21N5O2/c1-13-6-5-7-15(10-13)24(2)19-21-12-20-18(23-19)22-14-8-9-16(25-3)17(11-14)26-4/h5-12H,1-4H3,(H,20,21,22,23). The van der Waals surface area contributed by atoms with Gasteiger partial charge in [-0.15, -0.1) is 0 Å². The lowest BCUT2D eigenvalue weighted by Gasteiger charge is -2.18. The lowest BCUT2D eigenvalue weighted by atomic mass is 10.2. The van der Waals surface area contributed by atoms with Gasteiger partial charge in [0.15, 0.2) is 11.5 Å². The fourth-order valence-corrected chi connectivity index (χ4v) is 2.50. The fraction of sp³-hybridized carbons (Fsp3) is 0.211. The third kappa shape index (κ3) is 3.83. The van der Waals surface area contributed by atoms with Gasteiger partial charge in [0, 0.05) is 24.5 Å². The van der Waals surface area contributed by atoms with Crippen LogP contribution >= 0.6 is 0 Å². The first kappa shape index (κ1) is 17.5. The van der Waals surface area contributed by atoms with Crippen LogP contribution in [0.5, 0.6) is 11.5 Å². The average Bonchev–Trinajstić information content (AvgIpc) is 2.67. The molecule has 3 rings (SSSR count). The lowest BCUT2D eigenvalue weighted by molar-refractivity contribution is 0.355. The first-order valence-electron chi connectivity index (χ1n) is 8.09. The van der Waals surface area contributed by atoms with Gasteiger partial charge < -0.3 is 19.7 Å². The highest BCUT2D eigenvalue weighted by molar-refractivity contribution is 5.62. The molecule has 0 spiro atoms. The third-order valence-electron chi connectivity index (χ3n) is 3.89. The van der Waals surface area contributed by atoms with Gasteiger partial charge in [-0.1, -0.05) is 12.1 Å². The summed E-state index contributed by atoms with van der Waals surface area (Å²) in [6, 6.07) is 13.7. The summed E-state index contributed by atoms with van der Waals surface area (Å²) >= 11 is 0. The molecule has 1 N–H and O–H groups in total. The maximum absolute atomic E-state index is 5.32. The zero-order valence-corrected chi connectivity index (χ0v) is 15.2. The van der Waals surface area contributed by atoms with E-state index in [1.54, 1.807) is 14.2 Å². The molecule has 0 saturated heterocycles. The van der Waals surface area contributed by atoms with E-state index in [1.807, 2.05) is 42.3 Å². The Labute approximate surface area is 152 Å². The number of nitrogens with zero attached hydrogens (tertiary/aromatic N) is 4. The molecule has 1 aromatic heterocycles. The van der Waals surface area contributed by atoms with Crippen LogP contribution in [0.4, 0.5) is 23.3 Å². The maximum Gasteiger partial charge on any atom is 0.234 e. The van der Waals surface area contributed by atoms with Gasteiger partial charge in [-0.3, -0.25) is 0 Å². The number of hydrogen-bond donors (Lipinski definition) is 1. The Bertz CT molecular complexity index is 901. The number of nitrogens with one attached hydrogen (secondary N) is 1. The second kappa shape index (κ2) is 7.69. The number of anilines is 4. The van der Waals surface area contributed by atoms with Crippen molar-refractivity contribution in [2.75, 3.05) is 31.5 Å². The minimum absolute atomic E-state index is 0.446. The SMILES string of the molecule is COc1ccc(Nc2ncnc(N(C)c3cccc(C)c3)n2)cc1OC. The van der Waals surface area contributed by atoms with E-state index in [-0.39, 0.29) is 0 Å². The first-order valence-corrected chi connectivity index (χ1v) is 8.09. The van der Waals surface area contributed by atoms with Crippen molar-refractivity contribution in [3.05, 3.63) is 54.4 Å². The van der Waals surface area contributed by atoms with Crippen molar-refractivity contribution in [3.63, 3.8) is 0 Å². The van der Waals surface area contributed by atoms with E-state index in [4.69, 9.17) is 9.47 Å². The highest BCUT2D eigenvalue weighted by Crippen LogP contribution is 2.30. The van der Waals surface area contributed by atoms with Crippen molar-refractivity contribution in [1.29, 1.82) is 0 Å². The molecule has 0 amide bonds. The van der Waals surface area contributed by atoms with Gasteiger partial charge in [-0.2, -0.15) is 4.98 Å². The van der Waals surface area contributed by atoms with E-state index in [9.17, 15) is 0 Å². The molecule has 0 bridgehead atoms. The van der Waals surface area contributed by atoms with Gasteiger partial charge in [0.1, 0.15) is 6.33 Å². The number of ether oxygens (including phenoxy) is 2. The largest absolute Gasteiger partial charge is 0.493 e. The highest BCUT2D eigenvalue weighted by Gasteiger charge is 2.10. The zero-order chi connectivity index (χ0) is 18.5. The molecule has 3 aromatic rings. The molecule has 0 unspecified atom stereocenters. The van der Waals surface area contributed by atoms with Crippen LogP contribution in [0.25, 0.3) is 0 Å².